The Morgan fingerprint density at radius 3 is 2.61 bits per heavy atom. The number of carbonyl (C=O) groups is 2. The largest absolute Gasteiger partial charge is 0.478 e. The molecule has 0 aliphatic carbocycles. The second-order valence-corrected chi connectivity index (χ2v) is 4.08. The van der Waals surface area contributed by atoms with Gasteiger partial charge in [-0.15, -0.1) is 0 Å². The van der Waals surface area contributed by atoms with Crippen LogP contribution in [0.2, 0.25) is 0 Å². The minimum atomic E-state index is -1.07. The maximum absolute atomic E-state index is 11.9. The van der Waals surface area contributed by atoms with E-state index in [1.165, 1.54) is 18.5 Å². The summed E-state index contributed by atoms with van der Waals surface area (Å²) in [5.74, 6) is -1.07. The number of anilines is 1. The topological polar surface area (TPSA) is 82.5 Å². The summed E-state index contributed by atoms with van der Waals surface area (Å²) >= 11 is 0. The van der Waals surface area contributed by atoms with Gasteiger partial charge in [-0.3, -0.25) is 4.98 Å². The van der Waals surface area contributed by atoms with Crippen LogP contribution >= 0.6 is 0 Å². The Bertz CT molecular complexity index is 446. The van der Waals surface area contributed by atoms with Crippen LogP contribution in [0.25, 0.3) is 0 Å². The summed E-state index contributed by atoms with van der Waals surface area (Å²) in [5, 5.41) is 11.5. The van der Waals surface area contributed by atoms with E-state index < -0.39 is 5.97 Å². The fourth-order valence-electron chi connectivity index (χ4n) is 1.56. The van der Waals surface area contributed by atoms with Crippen molar-refractivity contribution in [2.24, 2.45) is 0 Å². The molecule has 18 heavy (non-hydrogen) atoms. The Morgan fingerprint density at radius 2 is 2.11 bits per heavy atom. The number of carboxylic acid groups (broad SMARTS) is 1. The van der Waals surface area contributed by atoms with Crippen LogP contribution in [0.4, 0.5) is 10.5 Å². The van der Waals surface area contributed by atoms with Gasteiger partial charge in [0.2, 0.25) is 0 Å². The average molecular weight is 251 g/mol. The van der Waals surface area contributed by atoms with Gasteiger partial charge in [-0.1, -0.05) is 0 Å². The monoisotopic (exact) mass is 251 g/mol. The van der Waals surface area contributed by atoms with Gasteiger partial charge in [-0.05, 0) is 26.8 Å². The zero-order valence-corrected chi connectivity index (χ0v) is 10.7. The fraction of sp³-hybridized carbons (Fsp3) is 0.417. The normalized spacial score (nSPS) is 10.2. The minimum Gasteiger partial charge on any atom is -0.478 e. The number of pyridine rings is 1. The number of hydrogen-bond acceptors (Lipinski definition) is 3. The summed E-state index contributed by atoms with van der Waals surface area (Å²) in [7, 11) is 0. The molecule has 0 spiro atoms. The van der Waals surface area contributed by atoms with Crippen molar-refractivity contribution in [2.45, 2.75) is 26.8 Å². The molecule has 0 bridgehead atoms. The zero-order chi connectivity index (χ0) is 13.7. The Kier molecular flexibility index (Phi) is 4.65. The van der Waals surface area contributed by atoms with Gasteiger partial charge in [0.25, 0.3) is 0 Å². The lowest BCUT2D eigenvalue weighted by atomic mass is 10.2. The standard InChI is InChI=1S/C12H17N3O3/c1-4-15(8(2)3)12(18)14-10-5-9(11(16)17)6-13-7-10/h5-8H,4H2,1-3H3,(H,14,18)(H,16,17). The van der Waals surface area contributed by atoms with Crippen LogP contribution in [0, 0.1) is 0 Å². The van der Waals surface area contributed by atoms with E-state index in [4.69, 9.17) is 5.11 Å². The first-order valence-corrected chi connectivity index (χ1v) is 5.71. The van der Waals surface area contributed by atoms with Crippen molar-refractivity contribution in [2.75, 3.05) is 11.9 Å². The molecule has 1 aromatic heterocycles. The molecule has 98 valence electrons. The van der Waals surface area contributed by atoms with Crippen LogP contribution in [0.5, 0.6) is 0 Å². The second kappa shape index (κ2) is 6.00. The molecule has 0 aromatic carbocycles. The predicted octanol–water partition coefficient (Wildman–Crippen LogP) is 2.04. The Hall–Kier alpha value is -2.11. The van der Waals surface area contributed by atoms with Crippen molar-refractivity contribution in [1.29, 1.82) is 0 Å². The van der Waals surface area contributed by atoms with Gasteiger partial charge in [0.1, 0.15) is 0 Å². The highest BCUT2D eigenvalue weighted by Gasteiger charge is 2.15. The molecule has 0 aliphatic heterocycles. The van der Waals surface area contributed by atoms with Gasteiger partial charge in [0.15, 0.2) is 0 Å². The number of nitrogens with zero attached hydrogens (tertiary/aromatic N) is 2. The molecular weight excluding hydrogens is 234 g/mol. The molecule has 1 rings (SSSR count). The third-order valence-electron chi connectivity index (χ3n) is 2.46. The van der Waals surface area contributed by atoms with Crippen LogP contribution in [0.3, 0.4) is 0 Å². The summed E-state index contributed by atoms with van der Waals surface area (Å²) in [6.07, 6.45) is 2.65. The van der Waals surface area contributed by atoms with Gasteiger partial charge < -0.3 is 15.3 Å². The molecule has 0 fully saturated rings. The molecule has 0 unspecified atom stereocenters. The number of aromatic carboxylic acids is 1. The maximum Gasteiger partial charge on any atom is 0.337 e. The number of aromatic nitrogens is 1. The van der Waals surface area contributed by atoms with Gasteiger partial charge >= 0.3 is 12.0 Å². The lowest BCUT2D eigenvalue weighted by Crippen LogP contribution is -2.39. The molecule has 0 atom stereocenters. The zero-order valence-electron chi connectivity index (χ0n) is 10.7. The molecule has 0 aliphatic rings. The van der Waals surface area contributed by atoms with Crippen LogP contribution in [-0.4, -0.2) is 39.6 Å². The Morgan fingerprint density at radius 1 is 1.44 bits per heavy atom. The molecule has 1 heterocycles. The highest BCUT2D eigenvalue weighted by molar-refractivity contribution is 5.92. The molecule has 0 radical (unpaired) electrons. The number of rotatable bonds is 4. The quantitative estimate of drug-likeness (QED) is 0.857. The van der Waals surface area contributed by atoms with Crippen molar-refractivity contribution in [1.82, 2.24) is 9.88 Å². The van der Waals surface area contributed by atoms with Crippen molar-refractivity contribution < 1.29 is 14.7 Å². The lowest BCUT2D eigenvalue weighted by Gasteiger charge is -2.25. The maximum atomic E-state index is 11.9. The van der Waals surface area contributed by atoms with E-state index >= 15 is 0 Å². The van der Waals surface area contributed by atoms with E-state index in [2.05, 4.69) is 10.3 Å². The second-order valence-electron chi connectivity index (χ2n) is 4.08. The van der Waals surface area contributed by atoms with Gasteiger partial charge in [0, 0.05) is 18.8 Å². The predicted molar refractivity (Wildman–Crippen MR) is 67.7 cm³/mol. The highest BCUT2D eigenvalue weighted by atomic mass is 16.4. The Balaban J connectivity index is 2.81. The lowest BCUT2D eigenvalue weighted by molar-refractivity contribution is 0.0696. The van der Waals surface area contributed by atoms with Gasteiger partial charge in [-0.2, -0.15) is 0 Å². The number of hydrogen-bond donors (Lipinski definition) is 2. The number of carbonyl (C=O) groups excluding carboxylic acids is 1. The summed E-state index contributed by atoms with van der Waals surface area (Å²) in [6.45, 7) is 6.28. The molecule has 0 saturated carbocycles. The van der Waals surface area contributed by atoms with E-state index in [-0.39, 0.29) is 17.6 Å². The van der Waals surface area contributed by atoms with Crippen molar-refractivity contribution >= 4 is 17.7 Å². The van der Waals surface area contributed by atoms with Crippen LogP contribution in [-0.2, 0) is 0 Å². The smallest absolute Gasteiger partial charge is 0.337 e. The summed E-state index contributed by atoms with van der Waals surface area (Å²) in [6, 6.07) is 1.18. The van der Waals surface area contributed by atoms with E-state index in [9.17, 15) is 9.59 Å². The van der Waals surface area contributed by atoms with Gasteiger partial charge in [-0.25, -0.2) is 9.59 Å². The molecule has 0 saturated heterocycles. The molecule has 6 heteroatoms. The molecule has 1 aromatic rings. The average Bonchev–Trinajstić information content (AvgIpc) is 2.29. The number of urea groups is 1. The number of carboxylic acids is 1. The van der Waals surface area contributed by atoms with Crippen LogP contribution < -0.4 is 5.32 Å². The fourth-order valence-corrected chi connectivity index (χ4v) is 1.56. The van der Waals surface area contributed by atoms with E-state index in [1.54, 1.807) is 4.90 Å². The van der Waals surface area contributed by atoms with E-state index in [1.807, 2.05) is 20.8 Å². The van der Waals surface area contributed by atoms with E-state index in [0.717, 1.165) is 0 Å². The number of amides is 2. The third kappa shape index (κ3) is 3.44. The van der Waals surface area contributed by atoms with Crippen molar-refractivity contribution in [3.05, 3.63) is 24.0 Å². The van der Waals surface area contributed by atoms with Gasteiger partial charge in [0.05, 0.1) is 17.4 Å². The first-order valence-electron chi connectivity index (χ1n) is 5.71. The van der Waals surface area contributed by atoms with Crippen LogP contribution in [0.15, 0.2) is 18.5 Å². The molecule has 2 N–H and O–H groups in total. The number of nitrogens with one attached hydrogen (secondary N) is 1. The minimum absolute atomic E-state index is 0.0420. The SMILES string of the molecule is CCN(C(=O)Nc1cncc(C(=O)O)c1)C(C)C. The summed E-state index contributed by atoms with van der Waals surface area (Å²) in [5.41, 5.74) is 0.416. The molecular formula is C12H17N3O3. The van der Waals surface area contributed by atoms with Crippen molar-refractivity contribution in [3.63, 3.8) is 0 Å². The summed E-state index contributed by atoms with van der Waals surface area (Å²) in [4.78, 5) is 28.1. The van der Waals surface area contributed by atoms with Crippen molar-refractivity contribution in [3.8, 4) is 0 Å². The molecule has 2 amide bonds. The highest BCUT2D eigenvalue weighted by Crippen LogP contribution is 2.10. The Labute approximate surface area is 106 Å². The summed E-state index contributed by atoms with van der Waals surface area (Å²) < 4.78 is 0. The van der Waals surface area contributed by atoms with E-state index in [0.29, 0.717) is 12.2 Å². The molecule has 6 nitrogen and oxygen atoms in total. The first-order chi connectivity index (χ1) is 8.45. The third-order valence-corrected chi connectivity index (χ3v) is 2.46. The first kappa shape index (κ1) is 14.0. The van der Waals surface area contributed by atoms with Crippen LogP contribution in [0.1, 0.15) is 31.1 Å².